The van der Waals surface area contributed by atoms with E-state index in [0.29, 0.717) is 0 Å². The van der Waals surface area contributed by atoms with Crippen LogP contribution in [0.3, 0.4) is 0 Å². The molecule has 1 aromatic rings. The van der Waals surface area contributed by atoms with Gasteiger partial charge in [-0.1, -0.05) is 36.4 Å². The zero-order chi connectivity index (χ0) is 13.4. The van der Waals surface area contributed by atoms with E-state index in [0.717, 1.165) is 13.2 Å². The second kappa shape index (κ2) is 8.24. The van der Waals surface area contributed by atoms with Crippen LogP contribution in [0.1, 0.15) is 17.5 Å². The summed E-state index contributed by atoms with van der Waals surface area (Å²) in [6.07, 6.45) is 6.87. The number of halogens is 3. The standard InChI is InChI=1S/C10H10.C2H4O.Cl3OP/c1-2-6-10-8-4-3-7-9(10)5-1;1-2-3-1;1-5(2,3)4/h1-3,5-7H,4,8H2;1-2H2;. The number of fused-ring (bicyclic) bond motifs is 1. The van der Waals surface area contributed by atoms with Gasteiger partial charge in [0.05, 0.1) is 13.2 Å². The van der Waals surface area contributed by atoms with Crippen LogP contribution in [-0.2, 0) is 15.7 Å². The summed E-state index contributed by atoms with van der Waals surface area (Å²) in [7, 11) is 0. The van der Waals surface area contributed by atoms with E-state index in [1.54, 1.807) is 0 Å². The number of benzene rings is 1. The van der Waals surface area contributed by atoms with Crippen LogP contribution in [0.2, 0.25) is 0 Å². The zero-order valence-corrected chi connectivity index (χ0v) is 12.9. The van der Waals surface area contributed by atoms with Gasteiger partial charge in [0.2, 0.25) is 0 Å². The molecule has 6 heteroatoms. The van der Waals surface area contributed by atoms with E-state index in [2.05, 4.69) is 74.9 Å². The molecule has 3 rings (SSSR count). The summed E-state index contributed by atoms with van der Waals surface area (Å²) in [5.41, 5.74) is 2.89. The minimum atomic E-state index is -3.22. The smallest absolute Gasteiger partial charge is 0.339 e. The van der Waals surface area contributed by atoms with Crippen LogP contribution < -0.4 is 0 Å². The van der Waals surface area contributed by atoms with E-state index >= 15 is 0 Å². The van der Waals surface area contributed by atoms with Gasteiger partial charge >= 0.3 is 5.20 Å². The second-order valence-corrected chi connectivity index (χ2v) is 10.3. The molecular weight excluding hydrogens is 313 g/mol. The van der Waals surface area contributed by atoms with E-state index in [9.17, 15) is 4.57 Å². The van der Waals surface area contributed by atoms with Crippen molar-refractivity contribution in [3.8, 4) is 0 Å². The molecule has 1 saturated heterocycles. The lowest BCUT2D eigenvalue weighted by Crippen LogP contribution is -1.91. The van der Waals surface area contributed by atoms with E-state index in [4.69, 9.17) is 0 Å². The number of allylic oxidation sites excluding steroid dienone is 1. The first-order chi connectivity index (χ1) is 8.47. The Kier molecular flexibility index (Phi) is 7.36. The maximum absolute atomic E-state index is 9.51. The Hall–Kier alpha value is 0.0200. The summed E-state index contributed by atoms with van der Waals surface area (Å²) < 4.78 is 14.0. The Labute approximate surface area is 122 Å². The number of epoxide rings is 1. The first-order valence-corrected chi connectivity index (χ1v) is 9.90. The average Bonchev–Trinajstić information content (AvgIpc) is 3.14. The van der Waals surface area contributed by atoms with Crippen molar-refractivity contribution in [1.82, 2.24) is 0 Å². The third-order valence-electron chi connectivity index (χ3n) is 2.14. The number of aryl methyl sites for hydroxylation is 1. The minimum absolute atomic E-state index is 1.00. The van der Waals surface area contributed by atoms with Gasteiger partial charge in [-0.05, 0) is 57.7 Å². The lowest BCUT2D eigenvalue weighted by molar-refractivity contribution is 0.475. The summed E-state index contributed by atoms with van der Waals surface area (Å²) >= 11 is 13.8. The third-order valence-corrected chi connectivity index (χ3v) is 2.14. The molecule has 2 nitrogen and oxygen atoms in total. The zero-order valence-electron chi connectivity index (χ0n) is 9.69. The molecule has 0 amide bonds. The van der Waals surface area contributed by atoms with Gasteiger partial charge in [0.15, 0.2) is 0 Å². The summed E-state index contributed by atoms with van der Waals surface area (Å²) in [5.74, 6) is 0. The van der Waals surface area contributed by atoms with Crippen molar-refractivity contribution in [2.75, 3.05) is 13.2 Å². The van der Waals surface area contributed by atoms with Crippen LogP contribution in [0.15, 0.2) is 30.3 Å². The van der Waals surface area contributed by atoms with Crippen molar-refractivity contribution in [2.24, 2.45) is 0 Å². The fourth-order valence-corrected chi connectivity index (χ4v) is 1.37. The van der Waals surface area contributed by atoms with Crippen molar-refractivity contribution in [1.29, 1.82) is 0 Å². The van der Waals surface area contributed by atoms with Gasteiger partial charge in [-0.2, -0.15) is 0 Å². The number of rotatable bonds is 0. The van der Waals surface area contributed by atoms with Crippen molar-refractivity contribution in [3.63, 3.8) is 0 Å². The van der Waals surface area contributed by atoms with Gasteiger partial charge in [0.1, 0.15) is 0 Å². The van der Waals surface area contributed by atoms with E-state index in [1.165, 1.54) is 24.0 Å². The highest BCUT2D eigenvalue weighted by Gasteiger charge is 2.03. The monoisotopic (exact) mass is 326 g/mol. The van der Waals surface area contributed by atoms with Crippen molar-refractivity contribution in [3.05, 3.63) is 41.5 Å². The van der Waals surface area contributed by atoms with Crippen molar-refractivity contribution < 1.29 is 9.30 Å². The summed E-state index contributed by atoms with van der Waals surface area (Å²) in [4.78, 5) is 0. The summed E-state index contributed by atoms with van der Waals surface area (Å²) in [6.45, 7) is 2.00. The van der Waals surface area contributed by atoms with Gasteiger partial charge < -0.3 is 4.74 Å². The third kappa shape index (κ3) is 9.99. The Morgan fingerprint density at radius 2 is 1.67 bits per heavy atom. The molecule has 0 spiro atoms. The SMILES string of the molecule is C1=Cc2ccccc2CC1.C1CO1.O=P(Cl)(Cl)Cl. The molecule has 0 saturated carbocycles. The van der Waals surface area contributed by atoms with Gasteiger partial charge in [-0.3, -0.25) is 4.57 Å². The van der Waals surface area contributed by atoms with Crippen LogP contribution in [0.4, 0.5) is 0 Å². The minimum Gasteiger partial charge on any atom is -0.377 e. The molecule has 18 heavy (non-hydrogen) atoms. The largest absolute Gasteiger partial charge is 0.377 e. The molecule has 0 unspecified atom stereocenters. The van der Waals surface area contributed by atoms with Gasteiger partial charge in [-0.15, -0.1) is 0 Å². The number of hydrogen-bond donors (Lipinski definition) is 0. The van der Waals surface area contributed by atoms with Crippen molar-refractivity contribution >= 4 is 45.0 Å². The first kappa shape index (κ1) is 16.1. The molecule has 0 aromatic heterocycles. The normalized spacial score (nSPS) is 15.5. The molecule has 1 aliphatic carbocycles. The maximum atomic E-state index is 9.51. The Bertz CT molecular complexity index is 430. The van der Waals surface area contributed by atoms with Crippen LogP contribution in [0, 0.1) is 0 Å². The van der Waals surface area contributed by atoms with Crippen LogP contribution in [-0.4, -0.2) is 13.2 Å². The Morgan fingerprint density at radius 3 is 2.17 bits per heavy atom. The van der Waals surface area contributed by atoms with Gasteiger partial charge in [-0.25, -0.2) is 0 Å². The maximum Gasteiger partial charge on any atom is 0.339 e. The lowest BCUT2D eigenvalue weighted by Gasteiger charge is -2.07. The van der Waals surface area contributed by atoms with E-state index < -0.39 is 5.20 Å². The van der Waals surface area contributed by atoms with Gasteiger partial charge in [0, 0.05) is 0 Å². The molecule has 1 fully saturated rings. The fraction of sp³-hybridized carbons (Fsp3) is 0.333. The lowest BCUT2D eigenvalue weighted by atomic mass is 9.98. The molecule has 100 valence electrons. The highest BCUT2D eigenvalue weighted by Crippen LogP contribution is 2.61. The highest BCUT2D eigenvalue weighted by molar-refractivity contribution is 8.24. The predicted octanol–water partition coefficient (Wildman–Crippen LogP) is 5.47. The molecule has 0 bridgehead atoms. The fourth-order valence-electron chi connectivity index (χ4n) is 1.37. The molecule has 2 aliphatic rings. The van der Waals surface area contributed by atoms with Crippen LogP contribution in [0.5, 0.6) is 0 Å². The van der Waals surface area contributed by atoms with Crippen LogP contribution in [0.25, 0.3) is 6.08 Å². The Balaban J connectivity index is 0.000000169. The van der Waals surface area contributed by atoms with Crippen molar-refractivity contribution in [2.45, 2.75) is 12.8 Å². The van der Waals surface area contributed by atoms with Gasteiger partial charge in [0.25, 0.3) is 0 Å². The van der Waals surface area contributed by atoms with E-state index in [-0.39, 0.29) is 0 Å². The second-order valence-electron chi connectivity index (χ2n) is 3.65. The summed E-state index contributed by atoms with van der Waals surface area (Å²) in [6, 6.07) is 8.58. The number of hydrogen-bond acceptors (Lipinski definition) is 2. The molecular formula is C12H14Cl3O2P. The molecule has 0 radical (unpaired) electrons. The predicted molar refractivity (Wildman–Crippen MR) is 79.8 cm³/mol. The molecule has 0 N–H and O–H groups in total. The first-order valence-electron chi connectivity index (χ1n) is 5.48. The average molecular weight is 328 g/mol. The molecule has 1 aromatic carbocycles. The topological polar surface area (TPSA) is 29.6 Å². The summed E-state index contributed by atoms with van der Waals surface area (Å²) in [5, 5.41) is -3.22. The Morgan fingerprint density at radius 1 is 1.11 bits per heavy atom. The molecule has 0 atom stereocenters. The highest BCUT2D eigenvalue weighted by atomic mass is 36.0. The quantitative estimate of drug-likeness (QED) is 0.467. The molecule has 1 aliphatic heterocycles. The molecule has 1 heterocycles. The number of ether oxygens (including phenoxy) is 1. The van der Waals surface area contributed by atoms with E-state index in [1.807, 2.05) is 0 Å². The van der Waals surface area contributed by atoms with Crippen LogP contribution >= 0.6 is 38.9 Å².